The summed E-state index contributed by atoms with van der Waals surface area (Å²) in [7, 11) is 0. The van der Waals surface area contributed by atoms with E-state index in [2.05, 4.69) is 11.0 Å². The van der Waals surface area contributed by atoms with Gasteiger partial charge in [-0.15, -0.1) is 0 Å². The number of hydrogen-bond donors (Lipinski definition) is 0. The summed E-state index contributed by atoms with van der Waals surface area (Å²) in [5.74, 6) is 0.155. The maximum atomic E-state index is 13.3. The number of nitrogens with zero attached hydrogens (tertiary/aromatic N) is 4. The minimum Gasteiger partial charge on any atom is -0.466 e. The highest BCUT2D eigenvalue weighted by Gasteiger charge is 2.33. The van der Waals surface area contributed by atoms with Crippen molar-refractivity contribution in [1.82, 2.24) is 9.47 Å². The van der Waals surface area contributed by atoms with Gasteiger partial charge in [-0.2, -0.15) is 5.26 Å². The average Bonchev–Trinajstić information content (AvgIpc) is 3.09. The van der Waals surface area contributed by atoms with E-state index < -0.39 is 0 Å². The number of pyridine rings is 1. The Labute approximate surface area is 209 Å². The second-order valence-corrected chi connectivity index (χ2v) is 9.92. The lowest BCUT2D eigenvalue weighted by atomic mass is 9.95. The van der Waals surface area contributed by atoms with Crippen LogP contribution < -0.4 is 10.5 Å². The Kier molecular flexibility index (Phi) is 8.55. The summed E-state index contributed by atoms with van der Waals surface area (Å²) in [6, 6.07) is 2.06. The van der Waals surface area contributed by atoms with Crippen molar-refractivity contribution in [3.63, 3.8) is 0 Å². The maximum absolute atomic E-state index is 13.3. The Morgan fingerprint density at radius 3 is 2.47 bits per heavy atom. The van der Waals surface area contributed by atoms with E-state index in [-0.39, 0.29) is 28.9 Å². The summed E-state index contributed by atoms with van der Waals surface area (Å²) < 4.78 is 7.33. The van der Waals surface area contributed by atoms with Gasteiger partial charge in [-0.1, -0.05) is 30.9 Å². The van der Waals surface area contributed by atoms with E-state index in [1.54, 1.807) is 29.4 Å². The second kappa shape index (κ2) is 11.2. The van der Waals surface area contributed by atoms with Crippen molar-refractivity contribution in [2.24, 2.45) is 5.92 Å². The Balaban J connectivity index is 2.13. The highest BCUT2D eigenvalue weighted by atomic mass is 32.2. The number of aromatic nitrogens is 1. The lowest BCUT2D eigenvalue weighted by Gasteiger charge is -2.35. The molecule has 0 aromatic carbocycles. The number of carbonyl (C=O) groups is 2. The highest BCUT2D eigenvalue weighted by Crippen LogP contribution is 2.36. The molecule has 2 aliphatic heterocycles. The molecule has 1 amide bonds. The van der Waals surface area contributed by atoms with Gasteiger partial charge in [-0.05, 0) is 51.7 Å². The number of amides is 1. The zero-order chi connectivity index (χ0) is 25.0. The molecule has 0 aliphatic carbocycles. The van der Waals surface area contributed by atoms with Gasteiger partial charge >= 0.3 is 5.97 Å². The van der Waals surface area contributed by atoms with Gasteiger partial charge in [-0.25, -0.2) is 0 Å². The molecular formula is C24H30N4O4S2. The van der Waals surface area contributed by atoms with Crippen LogP contribution in [0.15, 0.2) is 9.70 Å². The molecular weight excluding hydrogens is 472 g/mol. The molecule has 2 aliphatic rings. The van der Waals surface area contributed by atoms with E-state index in [4.69, 9.17) is 17.0 Å². The van der Waals surface area contributed by atoms with Gasteiger partial charge in [0.25, 0.3) is 11.5 Å². The maximum Gasteiger partial charge on any atom is 0.309 e. The van der Waals surface area contributed by atoms with Crippen LogP contribution in [0.4, 0.5) is 5.82 Å². The standard InChI is InChI=1S/C24H30N4O4S2/c1-5-10-28-20(26-11-8-16(9-12-26)23(31)32-7-3)17(15(4)18(14-25)21(28)29)13-19-22(30)27(6-2)24(33)34-19/h13,16H,5-12H2,1-4H3/b19-13+. The van der Waals surface area contributed by atoms with Gasteiger partial charge in [-0.3, -0.25) is 23.9 Å². The summed E-state index contributed by atoms with van der Waals surface area (Å²) in [6.45, 7) is 9.79. The molecule has 0 spiro atoms. The lowest BCUT2D eigenvalue weighted by Crippen LogP contribution is -2.41. The molecule has 10 heteroatoms. The van der Waals surface area contributed by atoms with Crippen LogP contribution >= 0.6 is 24.0 Å². The molecule has 0 radical (unpaired) electrons. The largest absolute Gasteiger partial charge is 0.466 e. The predicted octanol–water partition coefficient (Wildman–Crippen LogP) is 3.44. The third kappa shape index (κ3) is 4.91. The summed E-state index contributed by atoms with van der Waals surface area (Å²) >= 11 is 6.59. The third-order valence-corrected chi connectivity index (χ3v) is 7.55. The molecule has 0 bridgehead atoms. The fourth-order valence-electron chi connectivity index (χ4n) is 4.41. The van der Waals surface area contributed by atoms with E-state index in [1.165, 1.54) is 11.8 Å². The zero-order valence-electron chi connectivity index (χ0n) is 20.0. The van der Waals surface area contributed by atoms with Gasteiger partial charge < -0.3 is 9.64 Å². The van der Waals surface area contributed by atoms with Crippen molar-refractivity contribution in [1.29, 1.82) is 5.26 Å². The molecule has 2 fully saturated rings. The Bertz CT molecular complexity index is 1130. The van der Waals surface area contributed by atoms with Crippen LogP contribution in [0.25, 0.3) is 6.08 Å². The van der Waals surface area contributed by atoms with Crippen molar-refractivity contribution < 1.29 is 14.3 Å². The molecule has 0 N–H and O–H groups in total. The van der Waals surface area contributed by atoms with Gasteiger partial charge in [0.15, 0.2) is 0 Å². The minimum atomic E-state index is -0.331. The zero-order valence-corrected chi connectivity index (χ0v) is 21.7. The number of rotatable bonds is 7. The summed E-state index contributed by atoms with van der Waals surface area (Å²) in [5, 5.41) is 9.75. The Morgan fingerprint density at radius 1 is 1.26 bits per heavy atom. The van der Waals surface area contributed by atoms with Gasteiger partial charge in [0, 0.05) is 31.7 Å². The van der Waals surface area contributed by atoms with Crippen LogP contribution in [0.2, 0.25) is 0 Å². The predicted molar refractivity (Wildman–Crippen MR) is 138 cm³/mol. The van der Waals surface area contributed by atoms with Crippen LogP contribution in [0.5, 0.6) is 0 Å². The molecule has 3 heterocycles. The van der Waals surface area contributed by atoms with Gasteiger partial charge in [0.05, 0.1) is 17.4 Å². The molecule has 3 rings (SSSR count). The van der Waals surface area contributed by atoms with E-state index in [1.807, 2.05) is 13.8 Å². The third-order valence-electron chi connectivity index (χ3n) is 6.17. The van der Waals surface area contributed by atoms with E-state index in [0.29, 0.717) is 78.2 Å². The van der Waals surface area contributed by atoms with Crippen LogP contribution in [0.3, 0.4) is 0 Å². The van der Waals surface area contributed by atoms with Crippen LogP contribution in [0.1, 0.15) is 56.7 Å². The first-order valence-corrected chi connectivity index (χ1v) is 12.9. The van der Waals surface area contributed by atoms with E-state index >= 15 is 0 Å². The van der Waals surface area contributed by atoms with E-state index in [9.17, 15) is 19.6 Å². The molecule has 0 saturated carbocycles. The summed E-state index contributed by atoms with van der Waals surface area (Å²) in [6.07, 6.45) is 3.69. The quantitative estimate of drug-likeness (QED) is 0.318. The monoisotopic (exact) mass is 502 g/mol. The lowest BCUT2D eigenvalue weighted by molar-refractivity contribution is -0.148. The number of ether oxygens (including phenoxy) is 1. The van der Waals surface area contributed by atoms with Gasteiger partial charge in [0.2, 0.25) is 0 Å². The van der Waals surface area contributed by atoms with Crippen molar-refractivity contribution in [2.45, 2.75) is 53.5 Å². The minimum absolute atomic E-state index is 0.0795. The number of thiocarbonyl (C=S) groups is 1. The SMILES string of the molecule is CCCn1c(N2CCC(C(=O)OCC)CC2)c(/C=C2/SC(=S)N(CC)C2=O)c(C)c(C#N)c1=O. The normalized spacial score (nSPS) is 18.0. The van der Waals surface area contributed by atoms with Crippen molar-refractivity contribution in [3.05, 3.63) is 31.9 Å². The fraction of sp³-hybridized carbons (Fsp3) is 0.542. The highest BCUT2D eigenvalue weighted by molar-refractivity contribution is 8.26. The summed E-state index contributed by atoms with van der Waals surface area (Å²) in [4.78, 5) is 42.5. The fourth-order valence-corrected chi connectivity index (χ4v) is 5.77. The average molecular weight is 503 g/mol. The smallest absolute Gasteiger partial charge is 0.309 e. The first kappa shape index (κ1) is 26.0. The number of carbonyl (C=O) groups excluding carboxylic acids is 2. The number of anilines is 1. The molecule has 1 aromatic heterocycles. The van der Waals surface area contributed by atoms with Crippen molar-refractivity contribution in [3.8, 4) is 6.07 Å². The first-order chi connectivity index (χ1) is 16.3. The molecule has 0 unspecified atom stereocenters. The van der Waals surface area contributed by atoms with Crippen LogP contribution in [-0.4, -0.2) is 51.9 Å². The van der Waals surface area contributed by atoms with Crippen LogP contribution in [-0.2, 0) is 20.9 Å². The number of likely N-dealkylation sites (N-methyl/N-ethyl adjacent to an activating group) is 1. The molecule has 0 atom stereocenters. The number of esters is 1. The Hall–Kier alpha value is -2.64. The topological polar surface area (TPSA) is 95.6 Å². The Morgan fingerprint density at radius 2 is 1.94 bits per heavy atom. The molecule has 2 saturated heterocycles. The molecule has 8 nitrogen and oxygen atoms in total. The number of piperidine rings is 1. The first-order valence-electron chi connectivity index (χ1n) is 11.6. The number of hydrogen-bond acceptors (Lipinski definition) is 8. The molecule has 1 aromatic rings. The number of nitriles is 1. The van der Waals surface area contributed by atoms with E-state index in [0.717, 1.165) is 0 Å². The van der Waals surface area contributed by atoms with Crippen LogP contribution in [0, 0.1) is 24.2 Å². The number of thioether (sulfide) groups is 1. The van der Waals surface area contributed by atoms with Crippen molar-refractivity contribution in [2.75, 3.05) is 31.1 Å². The van der Waals surface area contributed by atoms with Gasteiger partial charge in [0.1, 0.15) is 21.8 Å². The molecule has 34 heavy (non-hydrogen) atoms. The molecule has 182 valence electrons. The second-order valence-electron chi connectivity index (χ2n) is 8.25. The van der Waals surface area contributed by atoms with Crippen molar-refractivity contribution >= 4 is 52.1 Å². The summed E-state index contributed by atoms with van der Waals surface area (Å²) in [5.41, 5.74) is 0.971.